The molecule has 0 saturated heterocycles. The zero-order valence-electron chi connectivity index (χ0n) is 11.4. The highest BCUT2D eigenvalue weighted by Crippen LogP contribution is 2.31. The first kappa shape index (κ1) is 16.1. The SMILES string of the molecule is O=C(O)[C@@H]1CC[C@H](C(=O)NCCc2c(Cl)cccc2Cl)C1. The molecule has 2 N–H and O–H groups in total. The van der Waals surface area contributed by atoms with E-state index in [1.165, 1.54) is 0 Å². The first-order valence-corrected chi connectivity index (χ1v) is 7.68. The van der Waals surface area contributed by atoms with E-state index >= 15 is 0 Å². The molecule has 1 amide bonds. The Balaban J connectivity index is 1.81. The van der Waals surface area contributed by atoms with Crippen molar-refractivity contribution in [1.82, 2.24) is 5.32 Å². The van der Waals surface area contributed by atoms with Crippen molar-refractivity contribution < 1.29 is 14.7 Å². The molecule has 1 aromatic rings. The van der Waals surface area contributed by atoms with Gasteiger partial charge in [-0.05, 0) is 43.4 Å². The van der Waals surface area contributed by atoms with Gasteiger partial charge in [0.15, 0.2) is 0 Å². The van der Waals surface area contributed by atoms with Crippen LogP contribution in [0.25, 0.3) is 0 Å². The Labute approximate surface area is 133 Å². The molecule has 2 atom stereocenters. The Hall–Kier alpha value is -1.26. The second kappa shape index (κ2) is 7.14. The van der Waals surface area contributed by atoms with Crippen LogP contribution in [-0.4, -0.2) is 23.5 Å². The molecule has 0 radical (unpaired) electrons. The molecule has 6 heteroatoms. The average molecular weight is 330 g/mol. The lowest BCUT2D eigenvalue weighted by Crippen LogP contribution is -2.31. The van der Waals surface area contributed by atoms with E-state index in [9.17, 15) is 9.59 Å². The third kappa shape index (κ3) is 4.11. The van der Waals surface area contributed by atoms with Gasteiger partial charge in [0.2, 0.25) is 5.91 Å². The minimum atomic E-state index is -0.812. The smallest absolute Gasteiger partial charge is 0.306 e. The minimum absolute atomic E-state index is 0.0815. The van der Waals surface area contributed by atoms with Gasteiger partial charge in [0, 0.05) is 22.5 Å². The standard InChI is InChI=1S/C15H17Cl2NO3/c16-12-2-1-3-13(17)11(12)6-7-18-14(19)9-4-5-10(8-9)15(20)21/h1-3,9-10H,4-8H2,(H,18,19)(H,20,21)/t9-,10+/m0/s1. The summed E-state index contributed by atoms with van der Waals surface area (Å²) in [4.78, 5) is 22.9. The van der Waals surface area contributed by atoms with Crippen molar-refractivity contribution in [2.45, 2.75) is 25.7 Å². The van der Waals surface area contributed by atoms with Gasteiger partial charge in [0.1, 0.15) is 0 Å². The maximum Gasteiger partial charge on any atom is 0.306 e. The van der Waals surface area contributed by atoms with Crippen molar-refractivity contribution in [3.8, 4) is 0 Å². The predicted molar refractivity (Wildman–Crippen MR) is 81.6 cm³/mol. The van der Waals surface area contributed by atoms with Crippen molar-refractivity contribution in [2.24, 2.45) is 11.8 Å². The third-order valence-corrected chi connectivity index (χ3v) is 4.60. The van der Waals surface area contributed by atoms with Gasteiger partial charge in [-0.2, -0.15) is 0 Å². The van der Waals surface area contributed by atoms with Gasteiger partial charge in [-0.1, -0.05) is 29.3 Å². The van der Waals surface area contributed by atoms with E-state index in [4.69, 9.17) is 28.3 Å². The lowest BCUT2D eigenvalue weighted by atomic mass is 10.0. The lowest BCUT2D eigenvalue weighted by molar-refractivity contribution is -0.141. The van der Waals surface area contributed by atoms with Gasteiger partial charge >= 0.3 is 5.97 Å². The van der Waals surface area contributed by atoms with Gasteiger partial charge in [-0.15, -0.1) is 0 Å². The molecule has 1 fully saturated rings. The van der Waals surface area contributed by atoms with Gasteiger partial charge in [0.25, 0.3) is 0 Å². The molecule has 1 aliphatic rings. The minimum Gasteiger partial charge on any atom is -0.481 e. The Bertz CT molecular complexity index is 527. The largest absolute Gasteiger partial charge is 0.481 e. The highest BCUT2D eigenvalue weighted by Gasteiger charge is 2.33. The highest BCUT2D eigenvalue weighted by molar-refractivity contribution is 6.35. The Morgan fingerprint density at radius 3 is 2.38 bits per heavy atom. The van der Waals surface area contributed by atoms with Crippen LogP contribution in [0.3, 0.4) is 0 Å². The lowest BCUT2D eigenvalue weighted by Gasteiger charge is -2.12. The summed E-state index contributed by atoms with van der Waals surface area (Å²) >= 11 is 12.1. The molecule has 1 aliphatic carbocycles. The predicted octanol–water partition coefficient (Wildman–Crippen LogP) is 3.15. The first-order valence-electron chi connectivity index (χ1n) is 6.92. The van der Waals surface area contributed by atoms with Gasteiger partial charge < -0.3 is 10.4 Å². The van der Waals surface area contributed by atoms with E-state index in [-0.39, 0.29) is 11.8 Å². The summed E-state index contributed by atoms with van der Waals surface area (Å²) < 4.78 is 0. The number of carboxylic acid groups (broad SMARTS) is 1. The zero-order chi connectivity index (χ0) is 15.4. The molecule has 0 bridgehead atoms. The Morgan fingerprint density at radius 2 is 1.81 bits per heavy atom. The number of carbonyl (C=O) groups excluding carboxylic acids is 1. The number of rotatable bonds is 5. The molecule has 1 saturated carbocycles. The summed E-state index contributed by atoms with van der Waals surface area (Å²) in [6, 6.07) is 5.30. The maximum atomic E-state index is 12.0. The number of hydrogen-bond donors (Lipinski definition) is 2. The summed E-state index contributed by atoms with van der Waals surface area (Å²) in [5.74, 6) is -1.48. The van der Waals surface area contributed by atoms with Crippen LogP contribution in [-0.2, 0) is 16.0 Å². The van der Waals surface area contributed by atoms with Crippen molar-refractivity contribution >= 4 is 35.1 Å². The number of halogens is 2. The van der Waals surface area contributed by atoms with Crippen LogP contribution in [0, 0.1) is 11.8 Å². The molecule has 4 nitrogen and oxygen atoms in total. The van der Waals surface area contributed by atoms with Gasteiger partial charge in [-0.25, -0.2) is 0 Å². The number of amides is 1. The fourth-order valence-corrected chi connectivity index (χ4v) is 3.26. The molecular formula is C15H17Cl2NO3. The summed E-state index contributed by atoms with van der Waals surface area (Å²) in [7, 11) is 0. The fourth-order valence-electron chi connectivity index (χ4n) is 2.67. The molecule has 0 aliphatic heterocycles. The Kier molecular flexibility index (Phi) is 5.48. The van der Waals surface area contributed by atoms with Crippen LogP contribution in [0.5, 0.6) is 0 Å². The van der Waals surface area contributed by atoms with Crippen LogP contribution in [0.15, 0.2) is 18.2 Å². The van der Waals surface area contributed by atoms with Crippen molar-refractivity contribution in [1.29, 1.82) is 0 Å². The quantitative estimate of drug-likeness (QED) is 0.871. The Morgan fingerprint density at radius 1 is 1.19 bits per heavy atom. The molecule has 21 heavy (non-hydrogen) atoms. The molecule has 0 unspecified atom stereocenters. The normalized spacial score (nSPS) is 21.2. The number of benzene rings is 1. The first-order chi connectivity index (χ1) is 9.99. The fraction of sp³-hybridized carbons (Fsp3) is 0.467. The maximum absolute atomic E-state index is 12.0. The summed E-state index contributed by atoms with van der Waals surface area (Å²) in [6.07, 6.45) is 2.19. The molecule has 1 aromatic carbocycles. The summed E-state index contributed by atoms with van der Waals surface area (Å²) in [5, 5.41) is 12.9. The van der Waals surface area contributed by atoms with Crippen LogP contribution in [0.2, 0.25) is 10.0 Å². The van der Waals surface area contributed by atoms with Crippen LogP contribution < -0.4 is 5.32 Å². The number of nitrogens with one attached hydrogen (secondary N) is 1. The van der Waals surface area contributed by atoms with Gasteiger partial charge in [0.05, 0.1) is 5.92 Å². The molecular weight excluding hydrogens is 313 g/mol. The number of aliphatic carboxylic acids is 1. The number of carbonyl (C=O) groups is 2. The van der Waals surface area contributed by atoms with Crippen LogP contribution >= 0.6 is 23.2 Å². The molecule has 2 rings (SSSR count). The van der Waals surface area contributed by atoms with E-state index in [1.54, 1.807) is 18.2 Å². The second-order valence-electron chi connectivity index (χ2n) is 5.29. The van der Waals surface area contributed by atoms with E-state index in [1.807, 2.05) is 0 Å². The van der Waals surface area contributed by atoms with Crippen molar-refractivity contribution in [3.05, 3.63) is 33.8 Å². The molecule has 0 spiro atoms. The molecule has 114 valence electrons. The number of carboxylic acids is 1. The average Bonchev–Trinajstić information content (AvgIpc) is 2.92. The topological polar surface area (TPSA) is 66.4 Å². The van der Waals surface area contributed by atoms with Crippen molar-refractivity contribution in [2.75, 3.05) is 6.54 Å². The highest BCUT2D eigenvalue weighted by atomic mass is 35.5. The second-order valence-corrected chi connectivity index (χ2v) is 6.10. The van der Waals surface area contributed by atoms with Crippen LogP contribution in [0.1, 0.15) is 24.8 Å². The van der Waals surface area contributed by atoms with E-state index in [0.717, 1.165) is 5.56 Å². The van der Waals surface area contributed by atoms with Gasteiger partial charge in [-0.3, -0.25) is 9.59 Å². The van der Waals surface area contributed by atoms with E-state index in [2.05, 4.69) is 5.32 Å². The third-order valence-electron chi connectivity index (χ3n) is 3.89. The molecule has 0 aromatic heterocycles. The summed E-state index contributed by atoms with van der Waals surface area (Å²) in [6.45, 7) is 0.441. The monoisotopic (exact) mass is 329 g/mol. The zero-order valence-corrected chi connectivity index (χ0v) is 13.0. The number of hydrogen-bond acceptors (Lipinski definition) is 2. The summed E-state index contributed by atoms with van der Waals surface area (Å²) in [5.41, 5.74) is 0.816. The van der Waals surface area contributed by atoms with Crippen molar-refractivity contribution in [3.63, 3.8) is 0 Å². The molecule has 0 heterocycles. The van der Waals surface area contributed by atoms with E-state index < -0.39 is 11.9 Å². The van der Waals surface area contributed by atoms with E-state index in [0.29, 0.717) is 42.3 Å². The van der Waals surface area contributed by atoms with Crippen LogP contribution in [0.4, 0.5) is 0 Å².